The minimum atomic E-state index is -0.271. The van der Waals surface area contributed by atoms with Crippen molar-refractivity contribution in [3.8, 4) is 0 Å². The first-order valence-corrected chi connectivity index (χ1v) is 6.78. The van der Waals surface area contributed by atoms with Crippen LogP contribution >= 0.6 is 11.6 Å². The average molecular weight is 303 g/mol. The molecule has 2 amide bonds. The lowest BCUT2D eigenvalue weighted by atomic mass is 10.1. The van der Waals surface area contributed by atoms with Crippen molar-refractivity contribution in [3.05, 3.63) is 58.6 Å². The molecule has 0 unspecified atom stereocenters. The van der Waals surface area contributed by atoms with Gasteiger partial charge in [0.15, 0.2) is 0 Å². The fourth-order valence-corrected chi connectivity index (χ4v) is 2.16. The van der Waals surface area contributed by atoms with Crippen LogP contribution in [0.1, 0.15) is 22.8 Å². The Morgan fingerprint density at radius 2 is 1.52 bits per heavy atom. The largest absolute Gasteiger partial charge is 0.326 e. The summed E-state index contributed by atoms with van der Waals surface area (Å²) in [4.78, 5) is 23.1. The first-order chi connectivity index (χ1) is 9.95. The van der Waals surface area contributed by atoms with Gasteiger partial charge in [0.2, 0.25) is 5.91 Å². The van der Waals surface area contributed by atoms with E-state index in [1.165, 1.54) is 6.92 Å². The van der Waals surface area contributed by atoms with E-state index in [4.69, 9.17) is 11.6 Å². The number of carbonyl (C=O) groups is 2. The van der Waals surface area contributed by atoms with E-state index in [1.807, 2.05) is 13.0 Å². The van der Waals surface area contributed by atoms with Crippen molar-refractivity contribution >= 4 is 34.8 Å². The molecule has 0 bridgehead atoms. The van der Waals surface area contributed by atoms with Crippen LogP contribution in [0.15, 0.2) is 42.5 Å². The number of hydrogen-bond donors (Lipinski definition) is 2. The van der Waals surface area contributed by atoms with Crippen LogP contribution in [-0.2, 0) is 4.79 Å². The smallest absolute Gasteiger partial charge is 0.257 e. The molecule has 0 saturated carbocycles. The van der Waals surface area contributed by atoms with Gasteiger partial charge in [-0.2, -0.15) is 0 Å². The monoisotopic (exact) mass is 302 g/mol. The van der Waals surface area contributed by atoms with Gasteiger partial charge in [0, 0.05) is 18.3 Å². The van der Waals surface area contributed by atoms with Gasteiger partial charge in [-0.1, -0.05) is 17.7 Å². The van der Waals surface area contributed by atoms with Crippen molar-refractivity contribution in [2.75, 3.05) is 10.6 Å². The van der Waals surface area contributed by atoms with Crippen LogP contribution < -0.4 is 10.6 Å². The van der Waals surface area contributed by atoms with Gasteiger partial charge in [-0.25, -0.2) is 0 Å². The molecule has 0 radical (unpaired) electrons. The number of nitrogens with one attached hydrogen (secondary N) is 2. The maximum atomic E-state index is 12.1. The predicted molar refractivity (Wildman–Crippen MR) is 84.9 cm³/mol. The topological polar surface area (TPSA) is 58.2 Å². The zero-order valence-corrected chi connectivity index (χ0v) is 12.5. The second-order valence-corrected chi connectivity index (χ2v) is 5.10. The number of halogens is 1. The maximum Gasteiger partial charge on any atom is 0.257 e. The maximum absolute atomic E-state index is 12.1. The molecule has 0 spiro atoms. The first-order valence-electron chi connectivity index (χ1n) is 6.41. The lowest BCUT2D eigenvalue weighted by Gasteiger charge is -2.08. The van der Waals surface area contributed by atoms with E-state index in [0.717, 1.165) is 5.56 Å². The Bertz CT molecular complexity index is 681. The average Bonchev–Trinajstić information content (AvgIpc) is 2.40. The van der Waals surface area contributed by atoms with Gasteiger partial charge in [0.05, 0.1) is 10.6 Å². The second-order valence-electron chi connectivity index (χ2n) is 4.70. The van der Waals surface area contributed by atoms with E-state index in [1.54, 1.807) is 36.4 Å². The number of carbonyl (C=O) groups excluding carboxylic acids is 2. The highest BCUT2D eigenvalue weighted by molar-refractivity contribution is 6.34. The molecule has 2 aromatic carbocycles. The Labute approximate surface area is 128 Å². The quantitative estimate of drug-likeness (QED) is 0.904. The molecule has 0 saturated heterocycles. The summed E-state index contributed by atoms with van der Waals surface area (Å²) < 4.78 is 0. The normalized spacial score (nSPS) is 10.0. The number of amides is 2. The van der Waals surface area contributed by atoms with Gasteiger partial charge in [-0.3, -0.25) is 9.59 Å². The number of aryl methyl sites for hydroxylation is 1. The number of anilines is 2. The third-order valence-corrected chi connectivity index (χ3v) is 3.15. The molecule has 0 aliphatic rings. The van der Waals surface area contributed by atoms with Crippen LogP contribution in [0.25, 0.3) is 0 Å². The molecule has 0 aromatic heterocycles. The highest BCUT2D eigenvalue weighted by Gasteiger charge is 2.10. The third kappa shape index (κ3) is 4.07. The van der Waals surface area contributed by atoms with E-state index >= 15 is 0 Å². The lowest BCUT2D eigenvalue weighted by Crippen LogP contribution is -2.12. The van der Waals surface area contributed by atoms with Gasteiger partial charge in [0.1, 0.15) is 0 Å². The molecule has 0 fully saturated rings. The van der Waals surface area contributed by atoms with E-state index in [0.29, 0.717) is 22.0 Å². The van der Waals surface area contributed by atoms with Crippen LogP contribution in [0.5, 0.6) is 0 Å². The van der Waals surface area contributed by atoms with Gasteiger partial charge >= 0.3 is 0 Å². The molecule has 2 N–H and O–H groups in total. The minimum absolute atomic E-state index is 0.141. The minimum Gasteiger partial charge on any atom is -0.326 e. The first kappa shape index (κ1) is 15.1. The number of hydrogen-bond acceptors (Lipinski definition) is 2. The molecule has 21 heavy (non-hydrogen) atoms. The zero-order chi connectivity index (χ0) is 15.4. The Morgan fingerprint density at radius 3 is 2.05 bits per heavy atom. The van der Waals surface area contributed by atoms with E-state index in [2.05, 4.69) is 10.6 Å². The summed E-state index contributed by atoms with van der Waals surface area (Å²) in [5.41, 5.74) is 2.73. The second kappa shape index (κ2) is 6.41. The van der Waals surface area contributed by atoms with Gasteiger partial charge in [-0.05, 0) is 48.9 Å². The van der Waals surface area contributed by atoms with Crippen molar-refractivity contribution < 1.29 is 9.59 Å². The number of rotatable bonds is 3. The lowest BCUT2D eigenvalue weighted by molar-refractivity contribution is -0.114. The molecular formula is C16H15ClN2O2. The predicted octanol–water partition coefficient (Wildman–Crippen LogP) is 3.86. The fraction of sp³-hybridized carbons (Fsp3) is 0.125. The molecule has 2 rings (SSSR count). The summed E-state index contributed by atoms with van der Waals surface area (Å²) in [6.45, 7) is 3.35. The molecule has 0 atom stereocenters. The van der Waals surface area contributed by atoms with Crippen LogP contribution in [0, 0.1) is 6.92 Å². The van der Waals surface area contributed by atoms with Crippen LogP contribution in [0.2, 0.25) is 5.02 Å². The molecule has 2 aromatic rings. The molecule has 0 heterocycles. The van der Waals surface area contributed by atoms with Gasteiger partial charge in [0.25, 0.3) is 5.91 Å². The zero-order valence-electron chi connectivity index (χ0n) is 11.7. The number of benzene rings is 2. The van der Waals surface area contributed by atoms with Crippen LogP contribution in [-0.4, -0.2) is 11.8 Å². The highest BCUT2D eigenvalue weighted by Crippen LogP contribution is 2.20. The highest BCUT2D eigenvalue weighted by atomic mass is 35.5. The molecular weight excluding hydrogens is 288 g/mol. The summed E-state index contributed by atoms with van der Waals surface area (Å²) in [5, 5.41) is 5.84. The molecule has 4 nitrogen and oxygen atoms in total. The summed E-state index contributed by atoms with van der Waals surface area (Å²) in [7, 11) is 0. The van der Waals surface area contributed by atoms with Crippen molar-refractivity contribution in [2.45, 2.75) is 13.8 Å². The molecule has 108 valence electrons. The summed E-state index contributed by atoms with van der Waals surface area (Å²) >= 11 is 6.06. The van der Waals surface area contributed by atoms with E-state index in [9.17, 15) is 9.59 Å². The molecule has 0 aliphatic carbocycles. The summed E-state index contributed by atoms with van der Waals surface area (Å²) in [6, 6.07) is 12.1. The summed E-state index contributed by atoms with van der Waals surface area (Å²) in [6.07, 6.45) is 0. The van der Waals surface area contributed by atoms with Crippen molar-refractivity contribution in [2.24, 2.45) is 0 Å². The Hall–Kier alpha value is -2.33. The summed E-state index contributed by atoms with van der Waals surface area (Å²) in [5.74, 6) is -0.412. The van der Waals surface area contributed by atoms with Crippen LogP contribution in [0.3, 0.4) is 0 Å². The van der Waals surface area contributed by atoms with Gasteiger partial charge in [-0.15, -0.1) is 0 Å². The third-order valence-electron chi connectivity index (χ3n) is 2.83. The van der Waals surface area contributed by atoms with Gasteiger partial charge < -0.3 is 10.6 Å². The van der Waals surface area contributed by atoms with Crippen molar-refractivity contribution in [1.29, 1.82) is 0 Å². The molecule has 5 heteroatoms. The Kier molecular flexibility index (Phi) is 4.60. The Morgan fingerprint density at radius 1 is 0.952 bits per heavy atom. The fourth-order valence-electron chi connectivity index (χ4n) is 1.84. The standard InChI is InChI=1S/C16H15ClN2O2/c1-10-3-8-14(15(17)9-10)16(21)19-13-6-4-12(5-7-13)18-11(2)20/h3-9H,1-2H3,(H,18,20)(H,19,21). The SMILES string of the molecule is CC(=O)Nc1ccc(NC(=O)c2ccc(C)cc2Cl)cc1. The van der Waals surface area contributed by atoms with Crippen molar-refractivity contribution in [1.82, 2.24) is 0 Å². The van der Waals surface area contributed by atoms with Crippen LogP contribution in [0.4, 0.5) is 11.4 Å². The van der Waals surface area contributed by atoms with Crippen molar-refractivity contribution in [3.63, 3.8) is 0 Å². The van der Waals surface area contributed by atoms with E-state index in [-0.39, 0.29) is 11.8 Å². The van der Waals surface area contributed by atoms with E-state index < -0.39 is 0 Å². The molecule has 0 aliphatic heterocycles. The Balaban J connectivity index is 2.10.